The number of benzene rings is 2. The Morgan fingerprint density at radius 1 is 0.970 bits per heavy atom. The number of hydrogen-bond donors (Lipinski definition) is 1. The van der Waals surface area contributed by atoms with Crippen molar-refractivity contribution in [3.05, 3.63) is 64.0 Å². The smallest absolute Gasteiger partial charge is 0.337 e. The minimum Gasteiger partial charge on any atom is -0.490 e. The van der Waals surface area contributed by atoms with Gasteiger partial charge in [-0.2, -0.15) is 0 Å². The van der Waals surface area contributed by atoms with Gasteiger partial charge in [-0.25, -0.2) is 4.79 Å². The molecule has 1 heterocycles. The standard InChI is InChI=1S/C28H36O4S/c1-7-27(30,8-2)18-32-23-14-13-22(15-19(23)5)28(9-3,10-4)25-17-20-11-12-21(26(29)31-6)16-24(20)33-25/h11-17,30H,7-10,18H2,1-6H3. The van der Waals surface area contributed by atoms with Crippen molar-refractivity contribution in [2.24, 2.45) is 0 Å². The van der Waals surface area contributed by atoms with Gasteiger partial charge in [-0.15, -0.1) is 11.3 Å². The quantitative estimate of drug-likeness (QED) is 0.324. The molecule has 5 heteroatoms. The van der Waals surface area contributed by atoms with E-state index in [1.807, 2.05) is 38.1 Å². The van der Waals surface area contributed by atoms with Gasteiger partial charge in [-0.1, -0.05) is 45.9 Å². The van der Waals surface area contributed by atoms with E-state index in [1.54, 1.807) is 11.3 Å². The minimum absolute atomic E-state index is 0.119. The fourth-order valence-corrected chi connectivity index (χ4v) is 5.89. The van der Waals surface area contributed by atoms with Crippen LogP contribution in [0.15, 0.2) is 42.5 Å². The summed E-state index contributed by atoms with van der Waals surface area (Å²) in [6.45, 7) is 10.8. The molecule has 4 nitrogen and oxygen atoms in total. The summed E-state index contributed by atoms with van der Waals surface area (Å²) in [5.41, 5.74) is 2.00. The molecule has 0 aliphatic rings. The van der Waals surface area contributed by atoms with Gasteiger partial charge in [0.25, 0.3) is 0 Å². The molecule has 0 fully saturated rings. The highest BCUT2D eigenvalue weighted by atomic mass is 32.1. The van der Waals surface area contributed by atoms with Gasteiger partial charge in [0.05, 0.1) is 18.3 Å². The Hall–Kier alpha value is -2.37. The average molecular weight is 469 g/mol. The van der Waals surface area contributed by atoms with Crippen molar-refractivity contribution in [2.75, 3.05) is 13.7 Å². The highest BCUT2D eigenvalue weighted by Crippen LogP contribution is 2.45. The summed E-state index contributed by atoms with van der Waals surface area (Å²) in [6.07, 6.45) is 3.26. The zero-order valence-corrected chi connectivity index (χ0v) is 21.5. The maximum atomic E-state index is 12.0. The molecule has 2 aromatic carbocycles. The van der Waals surface area contributed by atoms with Crippen LogP contribution >= 0.6 is 11.3 Å². The Morgan fingerprint density at radius 2 is 1.67 bits per heavy atom. The van der Waals surface area contributed by atoms with Crippen molar-refractivity contribution < 1.29 is 19.4 Å². The van der Waals surface area contributed by atoms with Crippen LogP contribution in [0.3, 0.4) is 0 Å². The van der Waals surface area contributed by atoms with Crippen molar-refractivity contribution in [3.63, 3.8) is 0 Å². The summed E-state index contributed by atoms with van der Waals surface area (Å²) in [5, 5.41) is 11.7. The highest BCUT2D eigenvalue weighted by Gasteiger charge is 2.33. The lowest BCUT2D eigenvalue weighted by Crippen LogP contribution is -2.34. The van der Waals surface area contributed by atoms with Crippen molar-refractivity contribution in [1.82, 2.24) is 0 Å². The number of carbonyl (C=O) groups excluding carboxylic acids is 1. The summed E-state index contributed by atoms with van der Waals surface area (Å²) in [4.78, 5) is 13.3. The summed E-state index contributed by atoms with van der Waals surface area (Å²) in [5.74, 6) is 0.507. The zero-order valence-electron chi connectivity index (χ0n) is 20.7. The van der Waals surface area contributed by atoms with Gasteiger partial charge in [-0.3, -0.25) is 0 Å². The maximum absolute atomic E-state index is 12.0. The van der Waals surface area contributed by atoms with E-state index in [1.165, 1.54) is 17.6 Å². The summed E-state index contributed by atoms with van der Waals surface area (Å²) in [6, 6.07) is 14.4. The molecule has 0 aliphatic heterocycles. The van der Waals surface area contributed by atoms with Crippen molar-refractivity contribution in [1.29, 1.82) is 0 Å². The number of fused-ring (bicyclic) bond motifs is 1. The first-order valence-electron chi connectivity index (χ1n) is 11.8. The van der Waals surface area contributed by atoms with Gasteiger partial charge in [0.1, 0.15) is 12.4 Å². The van der Waals surface area contributed by atoms with Crippen LogP contribution in [0.1, 0.15) is 79.7 Å². The molecule has 1 aromatic heterocycles. The molecular formula is C28H36O4S. The number of rotatable bonds is 10. The van der Waals surface area contributed by atoms with E-state index in [-0.39, 0.29) is 11.4 Å². The predicted octanol–water partition coefficient (Wildman–Crippen LogP) is 7.03. The van der Waals surface area contributed by atoms with E-state index >= 15 is 0 Å². The van der Waals surface area contributed by atoms with E-state index < -0.39 is 5.60 Å². The third kappa shape index (κ3) is 4.95. The van der Waals surface area contributed by atoms with Gasteiger partial charge in [-0.05, 0) is 73.4 Å². The van der Waals surface area contributed by atoms with Gasteiger partial charge in [0.15, 0.2) is 0 Å². The Balaban J connectivity index is 1.97. The van der Waals surface area contributed by atoms with Crippen LogP contribution in [-0.2, 0) is 10.2 Å². The van der Waals surface area contributed by atoms with E-state index in [0.29, 0.717) is 25.0 Å². The zero-order chi connectivity index (χ0) is 24.2. The van der Waals surface area contributed by atoms with Crippen molar-refractivity contribution >= 4 is 27.4 Å². The molecule has 0 spiro atoms. The first-order chi connectivity index (χ1) is 15.8. The third-order valence-corrected chi connectivity index (χ3v) is 8.46. The predicted molar refractivity (Wildman–Crippen MR) is 137 cm³/mol. The second-order valence-electron chi connectivity index (χ2n) is 8.84. The number of thiophene rings is 1. The van der Waals surface area contributed by atoms with E-state index in [0.717, 1.165) is 34.2 Å². The van der Waals surface area contributed by atoms with Crippen molar-refractivity contribution in [3.8, 4) is 5.75 Å². The highest BCUT2D eigenvalue weighted by molar-refractivity contribution is 7.19. The number of aliphatic hydroxyl groups is 1. The van der Waals surface area contributed by atoms with E-state index in [9.17, 15) is 9.90 Å². The monoisotopic (exact) mass is 468 g/mol. The molecule has 0 atom stereocenters. The van der Waals surface area contributed by atoms with E-state index in [4.69, 9.17) is 9.47 Å². The fourth-order valence-electron chi connectivity index (χ4n) is 4.44. The molecule has 0 aliphatic carbocycles. The van der Waals surface area contributed by atoms with Crippen LogP contribution < -0.4 is 4.74 Å². The Kier molecular flexibility index (Phi) is 7.86. The number of carbonyl (C=O) groups is 1. The van der Waals surface area contributed by atoms with E-state index in [2.05, 4.69) is 39.0 Å². The number of esters is 1. The molecule has 0 saturated heterocycles. The molecule has 0 unspecified atom stereocenters. The van der Waals surface area contributed by atoms with Gasteiger partial charge in [0.2, 0.25) is 0 Å². The van der Waals surface area contributed by atoms with Gasteiger partial charge in [0, 0.05) is 15.0 Å². The average Bonchev–Trinajstić information content (AvgIpc) is 3.27. The summed E-state index contributed by atoms with van der Waals surface area (Å²) >= 11 is 1.75. The summed E-state index contributed by atoms with van der Waals surface area (Å²) in [7, 11) is 1.41. The van der Waals surface area contributed by atoms with Crippen LogP contribution in [0.25, 0.3) is 10.1 Å². The number of ether oxygens (including phenoxy) is 2. The fraction of sp³-hybridized carbons (Fsp3) is 0.464. The molecular weight excluding hydrogens is 432 g/mol. The lowest BCUT2D eigenvalue weighted by Gasteiger charge is -2.32. The minimum atomic E-state index is -0.790. The van der Waals surface area contributed by atoms with Gasteiger partial charge < -0.3 is 14.6 Å². The SMILES string of the molecule is CCC(O)(CC)COc1ccc(C(CC)(CC)c2cc3ccc(C(=O)OC)cc3s2)cc1C. The molecule has 3 aromatic rings. The molecule has 33 heavy (non-hydrogen) atoms. The molecule has 0 bridgehead atoms. The molecule has 3 rings (SSSR count). The molecule has 0 amide bonds. The lowest BCUT2D eigenvalue weighted by molar-refractivity contribution is -0.0115. The first kappa shape index (κ1) is 25.3. The summed E-state index contributed by atoms with van der Waals surface area (Å²) < 4.78 is 12.0. The number of methoxy groups -OCH3 is 1. The van der Waals surface area contributed by atoms with Crippen LogP contribution in [-0.4, -0.2) is 30.4 Å². The molecule has 0 radical (unpaired) electrons. The Bertz CT molecular complexity index is 1110. The van der Waals surface area contributed by atoms with Crippen LogP contribution in [0, 0.1) is 6.92 Å². The first-order valence-corrected chi connectivity index (χ1v) is 12.7. The molecule has 178 valence electrons. The number of hydrogen-bond acceptors (Lipinski definition) is 5. The normalized spacial score (nSPS) is 12.2. The maximum Gasteiger partial charge on any atom is 0.337 e. The number of aryl methyl sites for hydroxylation is 1. The second-order valence-corrected chi connectivity index (χ2v) is 9.93. The largest absolute Gasteiger partial charge is 0.490 e. The second kappa shape index (κ2) is 10.3. The molecule has 1 N–H and O–H groups in total. The molecule has 0 saturated carbocycles. The topological polar surface area (TPSA) is 55.8 Å². The van der Waals surface area contributed by atoms with Crippen LogP contribution in [0.2, 0.25) is 0 Å². The van der Waals surface area contributed by atoms with Crippen LogP contribution in [0.4, 0.5) is 0 Å². The van der Waals surface area contributed by atoms with Crippen molar-refractivity contribution in [2.45, 2.75) is 71.3 Å². The van der Waals surface area contributed by atoms with Gasteiger partial charge >= 0.3 is 5.97 Å². The lowest BCUT2D eigenvalue weighted by atomic mass is 9.74. The Labute approximate surface area is 201 Å². The third-order valence-electron chi connectivity index (χ3n) is 7.16. The van der Waals surface area contributed by atoms with Crippen LogP contribution in [0.5, 0.6) is 5.75 Å². The Morgan fingerprint density at radius 3 is 2.24 bits per heavy atom.